The summed E-state index contributed by atoms with van der Waals surface area (Å²) in [6, 6.07) is 5.47. The van der Waals surface area contributed by atoms with Crippen molar-refractivity contribution in [2.24, 2.45) is 0 Å². The minimum Gasteiger partial charge on any atom is -0.478 e. The molecule has 0 aliphatic rings. The molecule has 0 amide bonds. The van der Waals surface area contributed by atoms with E-state index in [0.717, 1.165) is 4.68 Å². The number of hydrogen-bond acceptors (Lipinski definition) is 3. The highest BCUT2D eigenvalue weighted by molar-refractivity contribution is 6.74. The summed E-state index contributed by atoms with van der Waals surface area (Å²) in [4.78, 5) is 11.2. The fourth-order valence-corrected chi connectivity index (χ4v) is 3.40. The highest BCUT2D eigenvalue weighted by Crippen LogP contribution is 2.40. The minimum atomic E-state index is -4.75. The molecule has 1 aromatic carbocycles. The number of nitrogens with zero attached hydrogens (tertiary/aromatic N) is 2. The quantitative estimate of drug-likeness (QED) is 0.607. The van der Waals surface area contributed by atoms with Crippen LogP contribution in [-0.2, 0) is 17.2 Å². The van der Waals surface area contributed by atoms with Crippen LogP contribution in [0.3, 0.4) is 0 Å². The Labute approximate surface area is 167 Å². The first-order valence-corrected chi connectivity index (χ1v) is 11.8. The lowest BCUT2D eigenvalue weighted by atomic mass is 10.2. The van der Waals surface area contributed by atoms with Gasteiger partial charge in [-0.25, -0.2) is 9.48 Å². The van der Waals surface area contributed by atoms with Gasteiger partial charge in [0.2, 0.25) is 0 Å². The van der Waals surface area contributed by atoms with Gasteiger partial charge in [-0.15, -0.1) is 0 Å². The van der Waals surface area contributed by atoms with Crippen LogP contribution < -0.4 is 0 Å². The maximum Gasteiger partial charge on any atom is 0.436 e. The summed E-state index contributed by atoms with van der Waals surface area (Å²) in [7, 11) is -2.28. The topological polar surface area (TPSA) is 64.4 Å². The fourth-order valence-electron chi connectivity index (χ4n) is 2.19. The molecule has 0 radical (unpaired) electrons. The number of carboxylic acid groups (broad SMARTS) is 1. The molecule has 0 unspecified atom stereocenters. The molecule has 1 N–H and O–H groups in total. The van der Waals surface area contributed by atoms with Crippen LogP contribution in [0.1, 0.15) is 42.5 Å². The van der Waals surface area contributed by atoms with Crippen molar-refractivity contribution in [3.05, 3.63) is 46.2 Å². The van der Waals surface area contributed by atoms with Gasteiger partial charge in [-0.05, 0) is 36.3 Å². The molecule has 0 atom stereocenters. The maximum atomic E-state index is 13.3. The highest BCUT2D eigenvalue weighted by atomic mass is 35.5. The smallest absolute Gasteiger partial charge is 0.436 e. The van der Waals surface area contributed by atoms with E-state index in [1.165, 1.54) is 24.3 Å². The molecule has 28 heavy (non-hydrogen) atoms. The molecule has 2 aromatic rings. The molecule has 154 valence electrons. The van der Waals surface area contributed by atoms with Crippen molar-refractivity contribution in [2.75, 3.05) is 0 Å². The number of carboxylic acids is 1. The fraction of sp³-hybridized carbons (Fsp3) is 0.444. The first kappa shape index (κ1) is 22.4. The van der Waals surface area contributed by atoms with Crippen LogP contribution in [0.25, 0.3) is 5.69 Å². The third-order valence-corrected chi connectivity index (χ3v) is 9.77. The van der Waals surface area contributed by atoms with Crippen molar-refractivity contribution in [2.45, 2.75) is 51.7 Å². The Kier molecular flexibility index (Phi) is 6.04. The van der Waals surface area contributed by atoms with E-state index in [1.54, 1.807) is 0 Å². The number of aromatic carboxylic acids is 1. The van der Waals surface area contributed by atoms with Gasteiger partial charge in [-0.3, -0.25) is 0 Å². The van der Waals surface area contributed by atoms with Crippen LogP contribution in [0.5, 0.6) is 0 Å². The van der Waals surface area contributed by atoms with Gasteiger partial charge in [0, 0.05) is 0 Å². The monoisotopic (exact) mass is 434 g/mol. The van der Waals surface area contributed by atoms with Crippen LogP contribution in [0.4, 0.5) is 13.2 Å². The molecule has 1 heterocycles. The molecule has 2 rings (SSSR count). The standard InChI is InChI=1S/C18H22ClF3N2O3Si/c1-17(2,3)28(4,5)27-10-13-14(19)15(18(20,21)22)23-24(13)12-8-6-7-11(9-12)16(25)26/h6-9H,10H2,1-5H3,(H,25,26). The SMILES string of the molecule is CC(C)(C)[Si](C)(C)OCc1c(Cl)c(C(F)(F)F)nn1-c1cccc(C(=O)O)c1. The second-order valence-electron chi connectivity index (χ2n) is 7.92. The number of halogens is 4. The van der Waals surface area contributed by atoms with Crippen LogP contribution >= 0.6 is 11.6 Å². The van der Waals surface area contributed by atoms with Crippen LogP contribution in [-0.4, -0.2) is 29.2 Å². The van der Waals surface area contributed by atoms with Gasteiger partial charge in [0.25, 0.3) is 0 Å². The summed E-state index contributed by atoms with van der Waals surface area (Å²) in [5.74, 6) is -1.20. The molecule has 0 aliphatic carbocycles. The second-order valence-corrected chi connectivity index (χ2v) is 13.1. The van der Waals surface area contributed by atoms with Crippen molar-refractivity contribution in [1.29, 1.82) is 0 Å². The van der Waals surface area contributed by atoms with Gasteiger partial charge in [-0.2, -0.15) is 18.3 Å². The Morgan fingerprint density at radius 1 is 1.29 bits per heavy atom. The lowest BCUT2D eigenvalue weighted by Crippen LogP contribution is -2.40. The zero-order chi connectivity index (χ0) is 21.5. The number of hydrogen-bond donors (Lipinski definition) is 1. The van der Waals surface area contributed by atoms with Gasteiger partial charge < -0.3 is 9.53 Å². The van der Waals surface area contributed by atoms with E-state index in [0.29, 0.717) is 0 Å². The Hall–Kier alpha value is -1.84. The number of benzene rings is 1. The zero-order valence-electron chi connectivity index (χ0n) is 16.2. The molecule has 0 saturated heterocycles. The predicted octanol–water partition coefficient (Wildman–Crippen LogP) is 5.76. The van der Waals surface area contributed by atoms with Gasteiger partial charge in [0.05, 0.1) is 28.6 Å². The molecule has 0 fully saturated rings. The third kappa shape index (κ3) is 4.58. The van der Waals surface area contributed by atoms with E-state index in [4.69, 9.17) is 21.1 Å². The van der Waals surface area contributed by atoms with Crippen LogP contribution in [0.2, 0.25) is 23.2 Å². The maximum absolute atomic E-state index is 13.3. The summed E-state index contributed by atoms with van der Waals surface area (Å²) in [6.45, 7) is 9.80. The number of aromatic nitrogens is 2. The summed E-state index contributed by atoms with van der Waals surface area (Å²) in [6.07, 6.45) is -4.75. The molecular formula is C18H22ClF3N2O3Si. The Morgan fingerprint density at radius 2 is 1.89 bits per heavy atom. The first-order chi connectivity index (χ1) is 12.6. The van der Waals surface area contributed by atoms with E-state index >= 15 is 0 Å². The Balaban J connectivity index is 2.56. The molecule has 0 spiro atoms. The van der Waals surface area contributed by atoms with Gasteiger partial charge in [-0.1, -0.05) is 38.4 Å². The summed E-state index contributed by atoms with van der Waals surface area (Å²) >= 11 is 6.03. The average molecular weight is 435 g/mol. The van der Waals surface area contributed by atoms with E-state index in [-0.39, 0.29) is 28.6 Å². The molecule has 10 heteroatoms. The Bertz CT molecular complexity index is 889. The molecular weight excluding hydrogens is 413 g/mol. The highest BCUT2D eigenvalue weighted by Gasteiger charge is 2.41. The first-order valence-electron chi connectivity index (χ1n) is 8.47. The molecule has 0 saturated carbocycles. The summed E-state index contributed by atoms with van der Waals surface area (Å²) in [5, 5.41) is 12.1. The predicted molar refractivity (Wildman–Crippen MR) is 103 cm³/mol. The normalized spacial score (nSPS) is 13.0. The minimum absolute atomic E-state index is 0.0290. The second kappa shape index (κ2) is 7.53. The van der Waals surface area contributed by atoms with E-state index in [2.05, 4.69) is 5.10 Å². The van der Waals surface area contributed by atoms with Gasteiger partial charge in [0.15, 0.2) is 14.0 Å². The molecule has 0 aliphatic heterocycles. The van der Waals surface area contributed by atoms with Crippen LogP contribution in [0, 0.1) is 0 Å². The largest absolute Gasteiger partial charge is 0.478 e. The number of rotatable bonds is 5. The number of alkyl halides is 3. The Morgan fingerprint density at radius 3 is 2.39 bits per heavy atom. The van der Waals surface area contributed by atoms with E-state index in [9.17, 15) is 18.0 Å². The van der Waals surface area contributed by atoms with Crippen molar-refractivity contribution < 1.29 is 27.5 Å². The molecule has 0 bridgehead atoms. The van der Waals surface area contributed by atoms with Gasteiger partial charge in [0.1, 0.15) is 0 Å². The van der Waals surface area contributed by atoms with Gasteiger partial charge >= 0.3 is 12.1 Å². The van der Waals surface area contributed by atoms with Crippen molar-refractivity contribution in [3.63, 3.8) is 0 Å². The number of carbonyl (C=O) groups is 1. The lowest BCUT2D eigenvalue weighted by molar-refractivity contribution is -0.141. The lowest BCUT2D eigenvalue weighted by Gasteiger charge is -2.36. The van der Waals surface area contributed by atoms with Crippen molar-refractivity contribution in [1.82, 2.24) is 9.78 Å². The van der Waals surface area contributed by atoms with Crippen molar-refractivity contribution in [3.8, 4) is 5.69 Å². The zero-order valence-corrected chi connectivity index (χ0v) is 17.9. The average Bonchev–Trinajstić information content (AvgIpc) is 2.89. The molecule has 1 aromatic heterocycles. The summed E-state index contributed by atoms with van der Waals surface area (Å²) < 4.78 is 47.1. The van der Waals surface area contributed by atoms with Crippen molar-refractivity contribution >= 4 is 25.9 Å². The van der Waals surface area contributed by atoms with E-state index in [1.807, 2.05) is 33.9 Å². The third-order valence-electron chi connectivity index (χ3n) is 4.90. The van der Waals surface area contributed by atoms with E-state index < -0.39 is 31.2 Å². The molecule has 5 nitrogen and oxygen atoms in total. The summed E-state index contributed by atoms with van der Waals surface area (Å²) in [5.41, 5.74) is -1.12. The van der Waals surface area contributed by atoms with Crippen LogP contribution in [0.15, 0.2) is 24.3 Å².